The number of methoxy groups -OCH3 is 1. The molecule has 26 heavy (non-hydrogen) atoms. The van der Waals surface area contributed by atoms with Gasteiger partial charge in [0.15, 0.2) is 0 Å². The van der Waals surface area contributed by atoms with Crippen LogP contribution in [0.1, 0.15) is 34.3 Å². The van der Waals surface area contributed by atoms with E-state index >= 15 is 0 Å². The second-order valence-corrected chi connectivity index (χ2v) is 6.47. The molecule has 138 valence electrons. The molecule has 0 bridgehead atoms. The fourth-order valence-corrected chi connectivity index (χ4v) is 2.94. The Bertz CT molecular complexity index is 736. The van der Waals surface area contributed by atoms with E-state index in [-0.39, 0.29) is 12.0 Å². The molecule has 1 N–H and O–H groups in total. The third kappa shape index (κ3) is 4.76. The van der Waals surface area contributed by atoms with Gasteiger partial charge in [0.25, 0.3) is 5.91 Å². The van der Waals surface area contributed by atoms with Crippen molar-refractivity contribution < 1.29 is 19.0 Å². The van der Waals surface area contributed by atoms with Crippen LogP contribution in [0.3, 0.4) is 0 Å². The fraction of sp³-hybridized carbons (Fsp3) is 0.381. The molecule has 0 saturated carbocycles. The predicted molar refractivity (Wildman–Crippen MR) is 99.8 cm³/mol. The third-order valence-electron chi connectivity index (χ3n) is 4.47. The Morgan fingerprint density at radius 1 is 1.23 bits per heavy atom. The van der Waals surface area contributed by atoms with E-state index in [4.69, 9.17) is 14.2 Å². The lowest BCUT2D eigenvalue weighted by Crippen LogP contribution is -2.31. The molecule has 3 rings (SSSR count). The van der Waals surface area contributed by atoms with E-state index < -0.39 is 0 Å². The first-order chi connectivity index (χ1) is 12.7. The molecular weight excluding hydrogens is 330 g/mol. The number of carbonyl (C=O) groups excluding carboxylic acids is 1. The Kier molecular flexibility index (Phi) is 6.12. The zero-order valence-corrected chi connectivity index (χ0v) is 15.3. The number of rotatable bonds is 7. The Labute approximate surface area is 154 Å². The van der Waals surface area contributed by atoms with E-state index in [1.165, 1.54) is 5.56 Å². The van der Waals surface area contributed by atoms with Crippen LogP contribution in [0.5, 0.6) is 11.5 Å². The van der Waals surface area contributed by atoms with Crippen molar-refractivity contribution in [3.05, 3.63) is 59.2 Å². The van der Waals surface area contributed by atoms with Crippen LogP contribution in [-0.2, 0) is 11.3 Å². The maximum Gasteiger partial charge on any atom is 0.251 e. The first kappa shape index (κ1) is 18.3. The normalized spacial score (nSPS) is 16.3. The van der Waals surface area contributed by atoms with Gasteiger partial charge >= 0.3 is 0 Å². The van der Waals surface area contributed by atoms with Crippen molar-refractivity contribution in [1.29, 1.82) is 0 Å². The molecule has 5 nitrogen and oxygen atoms in total. The molecule has 2 aromatic rings. The highest BCUT2D eigenvalue weighted by atomic mass is 16.5. The van der Waals surface area contributed by atoms with Crippen LogP contribution in [0, 0.1) is 6.92 Å². The number of ether oxygens (including phenoxy) is 3. The van der Waals surface area contributed by atoms with Crippen molar-refractivity contribution in [3.63, 3.8) is 0 Å². The minimum atomic E-state index is -0.111. The smallest absolute Gasteiger partial charge is 0.251 e. The Balaban J connectivity index is 1.64. The van der Waals surface area contributed by atoms with Crippen LogP contribution < -0.4 is 14.8 Å². The monoisotopic (exact) mass is 355 g/mol. The van der Waals surface area contributed by atoms with Crippen LogP contribution in [0.2, 0.25) is 0 Å². The molecule has 0 unspecified atom stereocenters. The van der Waals surface area contributed by atoms with Crippen molar-refractivity contribution in [2.75, 3.05) is 20.3 Å². The predicted octanol–water partition coefficient (Wildman–Crippen LogP) is 3.49. The summed E-state index contributed by atoms with van der Waals surface area (Å²) >= 11 is 0. The van der Waals surface area contributed by atoms with Gasteiger partial charge in [-0.3, -0.25) is 4.79 Å². The number of aryl methyl sites for hydroxylation is 1. The summed E-state index contributed by atoms with van der Waals surface area (Å²) in [6.45, 7) is 3.69. The van der Waals surface area contributed by atoms with Gasteiger partial charge in [-0.2, -0.15) is 0 Å². The number of nitrogens with one attached hydrogen (secondary N) is 1. The lowest BCUT2D eigenvalue weighted by molar-refractivity contribution is 0.0857. The number of hydrogen-bond donors (Lipinski definition) is 1. The second kappa shape index (κ2) is 8.72. The van der Waals surface area contributed by atoms with E-state index in [1.54, 1.807) is 19.2 Å². The standard InChI is InChI=1S/C21H25NO4/c1-15-5-8-18(9-6-15)26-14-17-12-16(7-10-20(17)24-2)21(23)22-13-19-4-3-11-25-19/h5-10,12,19H,3-4,11,13-14H2,1-2H3,(H,22,23)/t19-/m0/s1. The van der Waals surface area contributed by atoms with Crippen LogP contribution in [0.25, 0.3) is 0 Å². The van der Waals surface area contributed by atoms with Crippen molar-refractivity contribution in [2.24, 2.45) is 0 Å². The highest BCUT2D eigenvalue weighted by Crippen LogP contribution is 2.22. The molecule has 1 fully saturated rings. The first-order valence-electron chi connectivity index (χ1n) is 8.92. The average molecular weight is 355 g/mol. The summed E-state index contributed by atoms with van der Waals surface area (Å²) in [5.41, 5.74) is 2.60. The lowest BCUT2D eigenvalue weighted by Gasteiger charge is -2.14. The summed E-state index contributed by atoms with van der Waals surface area (Å²) in [5, 5.41) is 2.94. The zero-order chi connectivity index (χ0) is 18.4. The van der Waals surface area contributed by atoms with Crippen LogP contribution in [0.15, 0.2) is 42.5 Å². The Morgan fingerprint density at radius 3 is 2.73 bits per heavy atom. The van der Waals surface area contributed by atoms with Gasteiger partial charge < -0.3 is 19.5 Å². The molecule has 1 amide bonds. The molecule has 0 radical (unpaired) electrons. The maximum absolute atomic E-state index is 12.4. The lowest BCUT2D eigenvalue weighted by atomic mass is 10.1. The number of hydrogen-bond acceptors (Lipinski definition) is 4. The van der Waals surface area contributed by atoms with E-state index in [0.29, 0.717) is 24.5 Å². The molecule has 1 aliphatic heterocycles. The quantitative estimate of drug-likeness (QED) is 0.826. The highest BCUT2D eigenvalue weighted by molar-refractivity contribution is 5.94. The van der Waals surface area contributed by atoms with E-state index in [0.717, 1.165) is 30.8 Å². The van der Waals surface area contributed by atoms with E-state index in [9.17, 15) is 4.79 Å². The first-order valence-corrected chi connectivity index (χ1v) is 8.92. The SMILES string of the molecule is COc1ccc(C(=O)NC[C@@H]2CCCO2)cc1COc1ccc(C)cc1. The Hall–Kier alpha value is -2.53. The van der Waals surface area contributed by atoms with Gasteiger partial charge in [-0.15, -0.1) is 0 Å². The third-order valence-corrected chi connectivity index (χ3v) is 4.47. The van der Waals surface area contributed by atoms with Gasteiger partial charge in [0, 0.05) is 24.3 Å². The molecule has 0 aromatic heterocycles. The topological polar surface area (TPSA) is 56.8 Å². The summed E-state index contributed by atoms with van der Waals surface area (Å²) in [7, 11) is 1.61. The van der Waals surface area contributed by atoms with Gasteiger partial charge in [-0.25, -0.2) is 0 Å². The minimum absolute atomic E-state index is 0.111. The molecule has 5 heteroatoms. The highest BCUT2D eigenvalue weighted by Gasteiger charge is 2.17. The largest absolute Gasteiger partial charge is 0.496 e. The van der Waals surface area contributed by atoms with Crippen molar-refractivity contribution in [2.45, 2.75) is 32.5 Å². The molecular formula is C21H25NO4. The molecule has 0 aliphatic carbocycles. The molecule has 1 heterocycles. The number of carbonyl (C=O) groups is 1. The maximum atomic E-state index is 12.4. The van der Waals surface area contributed by atoms with Gasteiger partial charge in [-0.05, 0) is 50.1 Å². The van der Waals surface area contributed by atoms with Gasteiger partial charge in [0.2, 0.25) is 0 Å². The molecule has 1 aliphatic rings. The summed E-state index contributed by atoms with van der Waals surface area (Å²) in [6, 6.07) is 13.2. The van der Waals surface area contributed by atoms with E-state index in [2.05, 4.69) is 5.32 Å². The van der Waals surface area contributed by atoms with Gasteiger partial charge in [0.05, 0.1) is 13.2 Å². The van der Waals surface area contributed by atoms with Crippen molar-refractivity contribution >= 4 is 5.91 Å². The average Bonchev–Trinajstić information content (AvgIpc) is 3.19. The van der Waals surface area contributed by atoms with Crippen molar-refractivity contribution in [1.82, 2.24) is 5.32 Å². The molecule has 1 saturated heterocycles. The second-order valence-electron chi connectivity index (χ2n) is 6.47. The molecule has 0 spiro atoms. The number of benzene rings is 2. The summed E-state index contributed by atoms with van der Waals surface area (Å²) < 4.78 is 16.8. The van der Waals surface area contributed by atoms with Crippen LogP contribution in [0.4, 0.5) is 0 Å². The summed E-state index contributed by atoms with van der Waals surface area (Å²) in [6.07, 6.45) is 2.18. The van der Waals surface area contributed by atoms with Gasteiger partial charge in [-0.1, -0.05) is 17.7 Å². The van der Waals surface area contributed by atoms with Crippen LogP contribution in [-0.4, -0.2) is 32.3 Å². The molecule has 1 atom stereocenters. The number of amides is 1. The molecule has 2 aromatic carbocycles. The van der Waals surface area contributed by atoms with Crippen molar-refractivity contribution in [3.8, 4) is 11.5 Å². The minimum Gasteiger partial charge on any atom is -0.496 e. The van der Waals surface area contributed by atoms with Crippen LogP contribution >= 0.6 is 0 Å². The zero-order valence-electron chi connectivity index (χ0n) is 15.3. The summed E-state index contributed by atoms with van der Waals surface area (Å²) in [4.78, 5) is 12.4. The summed E-state index contributed by atoms with van der Waals surface area (Å²) in [5.74, 6) is 1.37. The van der Waals surface area contributed by atoms with E-state index in [1.807, 2.05) is 37.3 Å². The fourth-order valence-electron chi connectivity index (χ4n) is 2.94. The Morgan fingerprint density at radius 2 is 2.04 bits per heavy atom. The van der Waals surface area contributed by atoms with Gasteiger partial charge in [0.1, 0.15) is 18.1 Å².